The lowest BCUT2D eigenvalue weighted by Crippen LogP contribution is -2.05. The topological polar surface area (TPSA) is 48.1 Å². The molecular formula is C14H15FN2O. The molecule has 0 fully saturated rings. The minimum atomic E-state index is -0.334. The Balaban J connectivity index is 2.28. The number of aromatic nitrogens is 1. The lowest BCUT2D eigenvalue weighted by Gasteiger charge is -2.10. The highest BCUT2D eigenvalue weighted by atomic mass is 19.1. The van der Waals surface area contributed by atoms with Crippen molar-refractivity contribution in [2.24, 2.45) is 5.73 Å². The molecule has 2 N–H and O–H groups in total. The highest BCUT2D eigenvalue weighted by Crippen LogP contribution is 2.25. The van der Waals surface area contributed by atoms with Crippen LogP contribution in [0.3, 0.4) is 0 Å². The molecule has 1 atom stereocenters. The highest BCUT2D eigenvalue weighted by Gasteiger charge is 2.06. The maximum Gasteiger partial charge on any atom is 0.219 e. The van der Waals surface area contributed by atoms with Crippen LogP contribution >= 0.6 is 0 Å². The van der Waals surface area contributed by atoms with Gasteiger partial charge in [-0.15, -0.1) is 0 Å². The van der Waals surface area contributed by atoms with Gasteiger partial charge in [0.15, 0.2) is 0 Å². The van der Waals surface area contributed by atoms with Crippen LogP contribution in [-0.2, 0) is 0 Å². The largest absolute Gasteiger partial charge is 0.439 e. The lowest BCUT2D eigenvalue weighted by molar-refractivity contribution is 0.453. The monoisotopic (exact) mass is 246 g/mol. The number of aryl methyl sites for hydroxylation is 1. The van der Waals surface area contributed by atoms with Crippen LogP contribution in [0, 0.1) is 12.7 Å². The number of nitrogens with two attached hydrogens (primary N) is 1. The molecule has 0 spiro atoms. The van der Waals surface area contributed by atoms with Gasteiger partial charge in [-0.25, -0.2) is 9.37 Å². The first-order chi connectivity index (χ1) is 8.56. The molecule has 2 rings (SSSR count). The number of rotatable bonds is 3. The van der Waals surface area contributed by atoms with Crippen LogP contribution in [0.2, 0.25) is 0 Å². The summed E-state index contributed by atoms with van der Waals surface area (Å²) in [6.45, 7) is 3.73. The van der Waals surface area contributed by atoms with Crippen LogP contribution in [-0.4, -0.2) is 4.98 Å². The molecule has 3 nitrogen and oxygen atoms in total. The van der Waals surface area contributed by atoms with Gasteiger partial charge in [0.1, 0.15) is 11.6 Å². The van der Waals surface area contributed by atoms with Crippen molar-refractivity contribution in [1.29, 1.82) is 0 Å². The fourth-order valence-electron chi connectivity index (χ4n) is 1.56. The van der Waals surface area contributed by atoms with Gasteiger partial charge in [0.05, 0.1) is 0 Å². The summed E-state index contributed by atoms with van der Waals surface area (Å²) in [4.78, 5) is 4.09. The molecule has 94 valence electrons. The first kappa shape index (κ1) is 12.5. The van der Waals surface area contributed by atoms with Crippen molar-refractivity contribution in [1.82, 2.24) is 4.98 Å². The minimum Gasteiger partial charge on any atom is -0.439 e. The molecule has 0 saturated carbocycles. The zero-order chi connectivity index (χ0) is 13.1. The second kappa shape index (κ2) is 5.14. The summed E-state index contributed by atoms with van der Waals surface area (Å²) >= 11 is 0. The van der Waals surface area contributed by atoms with E-state index in [0.29, 0.717) is 11.6 Å². The summed E-state index contributed by atoms with van der Waals surface area (Å²) < 4.78 is 18.7. The van der Waals surface area contributed by atoms with Crippen molar-refractivity contribution in [2.75, 3.05) is 0 Å². The molecule has 2 aromatic rings. The molecule has 18 heavy (non-hydrogen) atoms. The number of nitrogens with zero attached hydrogens (tertiary/aromatic N) is 1. The van der Waals surface area contributed by atoms with Crippen molar-refractivity contribution < 1.29 is 9.13 Å². The molecular weight excluding hydrogens is 231 g/mol. The Kier molecular flexibility index (Phi) is 3.58. The fourth-order valence-corrected chi connectivity index (χ4v) is 1.56. The molecule has 0 aliphatic carbocycles. The second-order valence-electron chi connectivity index (χ2n) is 4.23. The molecule has 0 bridgehead atoms. The molecule has 0 saturated heterocycles. The van der Waals surface area contributed by atoms with Gasteiger partial charge in [-0.2, -0.15) is 0 Å². The molecule has 0 aliphatic heterocycles. The van der Waals surface area contributed by atoms with Crippen LogP contribution in [0.15, 0.2) is 36.5 Å². The van der Waals surface area contributed by atoms with E-state index in [4.69, 9.17) is 10.5 Å². The van der Waals surface area contributed by atoms with E-state index in [2.05, 4.69) is 4.98 Å². The van der Waals surface area contributed by atoms with Crippen LogP contribution in [0.4, 0.5) is 4.39 Å². The second-order valence-corrected chi connectivity index (χ2v) is 4.23. The molecule has 0 radical (unpaired) electrons. The maximum absolute atomic E-state index is 13.1. The van der Waals surface area contributed by atoms with Gasteiger partial charge in [0.2, 0.25) is 5.88 Å². The highest BCUT2D eigenvalue weighted by molar-refractivity contribution is 5.36. The molecule has 0 amide bonds. The van der Waals surface area contributed by atoms with E-state index in [0.717, 1.165) is 11.1 Å². The summed E-state index contributed by atoms with van der Waals surface area (Å²) in [6.07, 6.45) is 1.63. The molecule has 1 aromatic heterocycles. The zero-order valence-electron chi connectivity index (χ0n) is 10.4. The van der Waals surface area contributed by atoms with Crippen LogP contribution in [0.5, 0.6) is 11.6 Å². The quantitative estimate of drug-likeness (QED) is 0.903. The Morgan fingerprint density at radius 1 is 1.28 bits per heavy atom. The summed E-state index contributed by atoms with van der Waals surface area (Å²) in [5.74, 6) is 0.543. The maximum atomic E-state index is 13.1. The van der Waals surface area contributed by atoms with E-state index in [1.54, 1.807) is 18.3 Å². The van der Waals surface area contributed by atoms with Crippen LogP contribution < -0.4 is 10.5 Å². The van der Waals surface area contributed by atoms with Crippen LogP contribution in [0.1, 0.15) is 24.1 Å². The average molecular weight is 246 g/mol. The van der Waals surface area contributed by atoms with Gasteiger partial charge in [0.25, 0.3) is 0 Å². The third-order valence-electron chi connectivity index (χ3n) is 2.65. The number of hydrogen-bond donors (Lipinski definition) is 1. The minimum absolute atomic E-state index is 0.0936. The molecule has 4 heteroatoms. The number of ether oxygens (including phenoxy) is 1. The first-order valence-corrected chi connectivity index (χ1v) is 5.72. The molecule has 1 heterocycles. The average Bonchev–Trinajstić information content (AvgIpc) is 2.34. The van der Waals surface area contributed by atoms with Crippen LogP contribution in [0.25, 0.3) is 0 Å². The fraction of sp³-hybridized carbons (Fsp3) is 0.214. The van der Waals surface area contributed by atoms with Gasteiger partial charge in [-0.1, -0.05) is 6.07 Å². The van der Waals surface area contributed by atoms with E-state index in [-0.39, 0.29) is 11.9 Å². The van der Waals surface area contributed by atoms with E-state index >= 15 is 0 Å². The Morgan fingerprint density at radius 2 is 2.06 bits per heavy atom. The van der Waals surface area contributed by atoms with E-state index in [1.807, 2.05) is 19.9 Å². The normalized spacial score (nSPS) is 12.2. The predicted octanol–water partition coefficient (Wildman–Crippen LogP) is 3.34. The van der Waals surface area contributed by atoms with Gasteiger partial charge >= 0.3 is 0 Å². The van der Waals surface area contributed by atoms with Crippen molar-refractivity contribution in [2.45, 2.75) is 19.9 Å². The third-order valence-corrected chi connectivity index (χ3v) is 2.65. The molecule has 1 aromatic carbocycles. The SMILES string of the molecule is Cc1ccc(F)cc1Oc1cc([C@H](C)N)ccn1. The standard InChI is InChI=1S/C14H15FN2O/c1-9-3-4-12(15)8-13(9)18-14-7-11(10(2)16)5-6-17-14/h3-8,10H,16H2,1-2H3/t10-/m0/s1. The van der Waals surface area contributed by atoms with Crippen molar-refractivity contribution >= 4 is 0 Å². The van der Waals surface area contributed by atoms with Gasteiger partial charge in [-0.3, -0.25) is 0 Å². The summed E-state index contributed by atoms with van der Waals surface area (Å²) in [5.41, 5.74) is 7.56. The Hall–Kier alpha value is -1.94. The van der Waals surface area contributed by atoms with E-state index in [9.17, 15) is 4.39 Å². The Labute approximate surface area is 105 Å². The smallest absolute Gasteiger partial charge is 0.219 e. The van der Waals surface area contributed by atoms with E-state index < -0.39 is 0 Å². The van der Waals surface area contributed by atoms with Gasteiger partial charge in [-0.05, 0) is 37.1 Å². The van der Waals surface area contributed by atoms with Gasteiger partial charge in [0, 0.05) is 24.4 Å². The number of hydrogen-bond acceptors (Lipinski definition) is 3. The number of pyridine rings is 1. The Bertz CT molecular complexity index is 555. The first-order valence-electron chi connectivity index (χ1n) is 5.72. The summed E-state index contributed by atoms with van der Waals surface area (Å²) in [7, 11) is 0. The third kappa shape index (κ3) is 2.84. The summed E-state index contributed by atoms with van der Waals surface area (Å²) in [6, 6.07) is 7.90. The summed E-state index contributed by atoms with van der Waals surface area (Å²) in [5, 5.41) is 0. The Morgan fingerprint density at radius 3 is 2.78 bits per heavy atom. The van der Waals surface area contributed by atoms with Crippen molar-refractivity contribution in [3.63, 3.8) is 0 Å². The zero-order valence-corrected chi connectivity index (χ0v) is 10.4. The predicted molar refractivity (Wildman–Crippen MR) is 68.1 cm³/mol. The van der Waals surface area contributed by atoms with Gasteiger partial charge < -0.3 is 10.5 Å². The number of benzene rings is 1. The van der Waals surface area contributed by atoms with E-state index in [1.165, 1.54) is 12.1 Å². The van der Waals surface area contributed by atoms with Crippen molar-refractivity contribution in [3.8, 4) is 11.6 Å². The number of halogens is 1. The van der Waals surface area contributed by atoms with Crippen molar-refractivity contribution in [3.05, 3.63) is 53.5 Å². The molecule has 0 aliphatic rings. The lowest BCUT2D eigenvalue weighted by atomic mass is 10.1. The molecule has 0 unspecified atom stereocenters.